The molecule has 2 aliphatic heterocycles. The van der Waals surface area contributed by atoms with E-state index in [1.165, 1.54) is 18.4 Å². The second kappa shape index (κ2) is 8.65. The van der Waals surface area contributed by atoms with Crippen molar-refractivity contribution in [3.8, 4) is 0 Å². The standard InChI is InChI=1S/C21H35N5O/c1-17(2)20-22-13-18(14-23-20)15-25-9-7-21(8-10-25)6-5-19(27)26(16-21)12-11-24(3)4/h13-14,17H,5-12,15-16H2,1-4H3. The molecule has 2 aliphatic rings. The number of carbonyl (C=O) groups excluding carboxylic acids is 1. The summed E-state index contributed by atoms with van der Waals surface area (Å²) in [6, 6.07) is 0. The first-order valence-electron chi connectivity index (χ1n) is 10.3. The highest BCUT2D eigenvalue weighted by molar-refractivity contribution is 5.77. The van der Waals surface area contributed by atoms with Crippen LogP contribution in [0.4, 0.5) is 0 Å². The number of aromatic nitrogens is 2. The predicted molar refractivity (Wildman–Crippen MR) is 107 cm³/mol. The average Bonchev–Trinajstić information content (AvgIpc) is 2.65. The second-order valence-corrected chi connectivity index (χ2v) is 9.00. The lowest BCUT2D eigenvalue weighted by atomic mass is 9.72. The van der Waals surface area contributed by atoms with E-state index in [4.69, 9.17) is 0 Å². The molecule has 0 N–H and O–H groups in total. The Morgan fingerprint density at radius 2 is 1.81 bits per heavy atom. The maximum absolute atomic E-state index is 12.3. The number of hydrogen-bond donors (Lipinski definition) is 0. The highest BCUT2D eigenvalue weighted by atomic mass is 16.2. The summed E-state index contributed by atoms with van der Waals surface area (Å²) in [4.78, 5) is 28.1. The molecule has 1 aromatic rings. The van der Waals surface area contributed by atoms with Crippen LogP contribution in [0.3, 0.4) is 0 Å². The van der Waals surface area contributed by atoms with Crippen LogP contribution in [-0.4, -0.2) is 77.4 Å². The molecular weight excluding hydrogens is 338 g/mol. The Bertz CT molecular complexity index is 620. The third-order valence-electron chi connectivity index (χ3n) is 6.13. The van der Waals surface area contributed by atoms with Gasteiger partial charge in [-0.25, -0.2) is 9.97 Å². The lowest BCUT2D eigenvalue weighted by Gasteiger charge is -2.47. The maximum atomic E-state index is 12.3. The van der Waals surface area contributed by atoms with Crippen molar-refractivity contribution in [2.24, 2.45) is 5.41 Å². The molecular formula is C21H35N5O. The molecule has 3 heterocycles. The van der Waals surface area contributed by atoms with E-state index < -0.39 is 0 Å². The maximum Gasteiger partial charge on any atom is 0.222 e. The Morgan fingerprint density at radius 1 is 1.15 bits per heavy atom. The van der Waals surface area contributed by atoms with Gasteiger partial charge in [-0.2, -0.15) is 0 Å². The summed E-state index contributed by atoms with van der Waals surface area (Å²) >= 11 is 0. The molecule has 2 saturated heterocycles. The van der Waals surface area contributed by atoms with E-state index >= 15 is 0 Å². The van der Waals surface area contributed by atoms with E-state index in [0.29, 0.717) is 17.2 Å². The number of hydrogen-bond acceptors (Lipinski definition) is 5. The zero-order valence-corrected chi connectivity index (χ0v) is 17.4. The monoisotopic (exact) mass is 373 g/mol. The van der Waals surface area contributed by atoms with Crippen LogP contribution in [-0.2, 0) is 11.3 Å². The number of rotatable bonds is 6. The molecule has 3 rings (SSSR count). The Hall–Kier alpha value is -1.53. The van der Waals surface area contributed by atoms with Crippen molar-refractivity contribution in [3.05, 3.63) is 23.8 Å². The first kappa shape index (κ1) is 20.2. The zero-order chi connectivity index (χ0) is 19.4. The molecule has 0 aliphatic carbocycles. The molecule has 27 heavy (non-hydrogen) atoms. The van der Waals surface area contributed by atoms with Crippen LogP contribution in [0.15, 0.2) is 12.4 Å². The fourth-order valence-corrected chi connectivity index (χ4v) is 4.22. The van der Waals surface area contributed by atoms with Gasteiger partial charge < -0.3 is 9.80 Å². The van der Waals surface area contributed by atoms with Gasteiger partial charge >= 0.3 is 0 Å². The molecule has 0 aromatic carbocycles. The van der Waals surface area contributed by atoms with Gasteiger partial charge in [-0.1, -0.05) is 13.8 Å². The van der Waals surface area contributed by atoms with Crippen LogP contribution < -0.4 is 0 Å². The number of amides is 1. The fourth-order valence-electron chi connectivity index (χ4n) is 4.22. The first-order chi connectivity index (χ1) is 12.9. The minimum absolute atomic E-state index is 0.328. The van der Waals surface area contributed by atoms with Crippen molar-refractivity contribution in [3.63, 3.8) is 0 Å². The van der Waals surface area contributed by atoms with Gasteiger partial charge in [0, 0.05) is 56.5 Å². The molecule has 0 atom stereocenters. The summed E-state index contributed by atoms with van der Waals surface area (Å²) in [7, 11) is 4.14. The molecule has 0 radical (unpaired) electrons. The number of nitrogens with zero attached hydrogens (tertiary/aromatic N) is 5. The summed E-state index contributed by atoms with van der Waals surface area (Å²) < 4.78 is 0. The molecule has 6 nitrogen and oxygen atoms in total. The molecule has 0 bridgehead atoms. The van der Waals surface area contributed by atoms with Crippen molar-refractivity contribution >= 4 is 5.91 Å². The summed E-state index contributed by atoms with van der Waals surface area (Å²) in [5.41, 5.74) is 1.52. The number of carbonyl (C=O) groups is 1. The number of likely N-dealkylation sites (tertiary alicyclic amines) is 2. The highest BCUT2D eigenvalue weighted by Crippen LogP contribution is 2.40. The summed E-state index contributed by atoms with van der Waals surface area (Å²) in [5, 5.41) is 0. The number of piperidine rings is 2. The van der Waals surface area contributed by atoms with Gasteiger partial charge in [0.25, 0.3) is 0 Å². The van der Waals surface area contributed by atoms with Gasteiger partial charge in [0.15, 0.2) is 0 Å². The number of likely N-dealkylation sites (N-methyl/N-ethyl adjacent to an activating group) is 1. The Morgan fingerprint density at radius 3 is 2.41 bits per heavy atom. The van der Waals surface area contributed by atoms with Crippen molar-refractivity contribution < 1.29 is 4.79 Å². The average molecular weight is 374 g/mol. The van der Waals surface area contributed by atoms with Crippen LogP contribution in [0.1, 0.15) is 56.8 Å². The zero-order valence-electron chi connectivity index (χ0n) is 17.4. The topological polar surface area (TPSA) is 52.6 Å². The summed E-state index contributed by atoms with van der Waals surface area (Å²) in [5.74, 6) is 1.63. The van der Waals surface area contributed by atoms with Crippen molar-refractivity contribution in [1.29, 1.82) is 0 Å². The Balaban J connectivity index is 1.52. The van der Waals surface area contributed by atoms with Crippen LogP contribution in [0.5, 0.6) is 0 Å². The van der Waals surface area contributed by atoms with Crippen LogP contribution in [0, 0.1) is 5.41 Å². The van der Waals surface area contributed by atoms with Crippen molar-refractivity contribution in [2.75, 3.05) is 46.8 Å². The molecule has 1 spiro atoms. The molecule has 1 amide bonds. The van der Waals surface area contributed by atoms with E-state index in [0.717, 1.165) is 57.9 Å². The van der Waals surface area contributed by atoms with E-state index in [-0.39, 0.29) is 0 Å². The minimum atomic E-state index is 0.328. The Kier molecular flexibility index (Phi) is 6.48. The van der Waals surface area contributed by atoms with E-state index in [2.05, 4.69) is 52.6 Å². The van der Waals surface area contributed by atoms with Gasteiger partial charge in [0.2, 0.25) is 5.91 Å². The third kappa shape index (κ3) is 5.26. The fraction of sp³-hybridized carbons (Fsp3) is 0.762. The largest absolute Gasteiger partial charge is 0.341 e. The Labute approximate surface area is 164 Å². The normalized spacial score (nSPS) is 20.8. The highest BCUT2D eigenvalue weighted by Gasteiger charge is 2.40. The minimum Gasteiger partial charge on any atom is -0.341 e. The lowest BCUT2D eigenvalue weighted by molar-refractivity contribution is -0.139. The van der Waals surface area contributed by atoms with Gasteiger partial charge in [-0.3, -0.25) is 9.69 Å². The van der Waals surface area contributed by atoms with Crippen LogP contribution in [0.2, 0.25) is 0 Å². The first-order valence-corrected chi connectivity index (χ1v) is 10.3. The van der Waals surface area contributed by atoms with Crippen molar-refractivity contribution in [2.45, 2.75) is 52.0 Å². The quantitative estimate of drug-likeness (QED) is 0.766. The smallest absolute Gasteiger partial charge is 0.222 e. The summed E-state index contributed by atoms with van der Waals surface area (Å²) in [6.45, 7) is 10.1. The molecule has 150 valence electrons. The predicted octanol–water partition coefficient (Wildman–Crippen LogP) is 2.37. The van der Waals surface area contributed by atoms with Gasteiger partial charge in [0.1, 0.15) is 5.82 Å². The SMILES string of the molecule is CC(C)c1ncc(CN2CCC3(CCC(=O)N(CCN(C)C)C3)CC2)cn1. The molecule has 0 unspecified atom stereocenters. The lowest BCUT2D eigenvalue weighted by Crippen LogP contribution is -2.52. The molecule has 2 fully saturated rings. The molecule has 6 heteroatoms. The summed E-state index contributed by atoms with van der Waals surface area (Å²) in [6.07, 6.45) is 8.11. The third-order valence-corrected chi connectivity index (χ3v) is 6.13. The molecule has 0 saturated carbocycles. The van der Waals surface area contributed by atoms with Gasteiger partial charge in [-0.05, 0) is 51.9 Å². The van der Waals surface area contributed by atoms with Crippen LogP contribution >= 0.6 is 0 Å². The molecule has 1 aromatic heterocycles. The van der Waals surface area contributed by atoms with E-state index in [9.17, 15) is 4.79 Å². The second-order valence-electron chi connectivity index (χ2n) is 9.00. The van der Waals surface area contributed by atoms with E-state index in [1.807, 2.05) is 12.4 Å². The van der Waals surface area contributed by atoms with Gasteiger partial charge in [-0.15, -0.1) is 0 Å². The van der Waals surface area contributed by atoms with E-state index in [1.54, 1.807) is 0 Å². The van der Waals surface area contributed by atoms with Crippen LogP contribution in [0.25, 0.3) is 0 Å². The van der Waals surface area contributed by atoms with Crippen molar-refractivity contribution in [1.82, 2.24) is 24.7 Å². The van der Waals surface area contributed by atoms with Gasteiger partial charge in [0.05, 0.1) is 0 Å².